The summed E-state index contributed by atoms with van der Waals surface area (Å²) in [5.74, 6) is 0.685. The molecule has 1 saturated heterocycles. The molecule has 0 atom stereocenters. The van der Waals surface area contributed by atoms with Gasteiger partial charge in [-0.1, -0.05) is 12.1 Å². The predicted octanol–water partition coefficient (Wildman–Crippen LogP) is 5.40. The van der Waals surface area contributed by atoms with Gasteiger partial charge in [0.1, 0.15) is 11.6 Å². The van der Waals surface area contributed by atoms with Gasteiger partial charge in [-0.25, -0.2) is 9.37 Å². The molecule has 2 heterocycles. The molecule has 2 N–H and O–H groups in total. The summed E-state index contributed by atoms with van der Waals surface area (Å²) in [5.41, 5.74) is 3.35. The van der Waals surface area contributed by atoms with Gasteiger partial charge < -0.3 is 15.5 Å². The summed E-state index contributed by atoms with van der Waals surface area (Å²) < 4.78 is 13.9. The minimum Gasteiger partial charge on any atom is -0.372 e. The third-order valence-electron chi connectivity index (χ3n) is 4.84. The molecule has 144 valence electrons. The molecule has 3 aromatic rings. The number of nitrogens with zero attached hydrogens (tertiary/aromatic N) is 3. The van der Waals surface area contributed by atoms with E-state index in [-0.39, 0.29) is 5.82 Å². The molecular weight excluding hydrogens is 353 g/mol. The average Bonchev–Trinajstić information content (AvgIpc) is 2.71. The molecule has 2 aromatic carbocycles. The van der Waals surface area contributed by atoms with Crippen molar-refractivity contribution in [2.75, 3.05) is 28.6 Å². The monoisotopic (exact) mass is 377 g/mol. The number of aromatic nitrogens is 2. The summed E-state index contributed by atoms with van der Waals surface area (Å²) in [6.45, 7) is 4.14. The number of benzene rings is 2. The van der Waals surface area contributed by atoms with Crippen LogP contribution in [0.3, 0.4) is 0 Å². The molecule has 5 nitrogen and oxygen atoms in total. The van der Waals surface area contributed by atoms with Crippen LogP contribution in [0, 0.1) is 12.7 Å². The zero-order valence-corrected chi connectivity index (χ0v) is 16.0. The number of rotatable bonds is 5. The lowest BCUT2D eigenvalue weighted by Crippen LogP contribution is -2.29. The summed E-state index contributed by atoms with van der Waals surface area (Å²) in [6.07, 6.45) is 3.85. The number of halogens is 1. The zero-order valence-electron chi connectivity index (χ0n) is 16.0. The quantitative estimate of drug-likeness (QED) is 0.623. The molecule has 1 fully saturated rings. The smallest absolute Gasteiger partial charge is 0.229 e. The second-order valence-electron chi connectivity index (χ2n) is 7.04. The van der Waals surface area contributed by atoms with Crippen molar-refractivity contribution in [3.8, 4) is 0 Å². The topological polar surface area (TPSA) is 53.1 Å². The van der Waals surface area contributed by atoms with E-state index in [0.29, 0.717) is 17.5 Å². The molecule has 4 rings (SSSR count). The first-order valence-corrected chi connectivity index (χ1v) is 9.67. The molecule has 0 saturated carbocycles. The van der Waals surface area contributed by atoms with Gasteiger partial charge in [0.25, 0.3) is 0 Å². The van der Waals surface area contributed by atoms with E-state index in [4.69, 9.17) is 0 Å². The fraction of sp³-hybridized carbons (Fsp3) is 0.273. The second-order valence-corrected chi connectivity index (χ2v) is 7.04. The highest BCUT2D eigenvalue weighted by Crippen LogP contribution is 2.24. The van der Waals surface area contributed by atoms with Crippen molar-refractivity contribution in [2.45, 2.75) is 26.2 Å². The predicted molar refractivity (Wildman–Crippen MR) is 112 cm³/mol. The standard InChI is InChI=1S/C22H24FN5/c1-16-15-21(27-22(24-16)26-20-8-4-3-7-19(20)23)25-17-9-11-18(12-10-17)28-13-5-2-6-14-28/h3-4,7-12,15H,2,5-6,13-14H2,1H3,(H2,24,25,26,27). The van der Waals surface area contributed by atoms with Crippen molar-refractivity contribution in [1.82, 2.24) is 9.97 Å². The highest BCUT2D eigenvalue weighted by molar-refractivity contribution is 5.63. The van der Waals surface area contributed by atoms with E-state index < -0.39 is 0 Å². The lowest BCUT2D eigenvalue weighted by atomic mass is 10.1. The number of nitrogens with one attached hydrogen (secondary N) is 2. The Morgan fingerprint density at radius 3 is 2.39 bits per heavy atom. The van der Waals surface area contributed by atoms with Gasteiger partial charge in [-0.3, -0.25) is 0 Å². The van der Waals surface area contributed by atoms with Crippen molar-refractivity contribution in [1.29, 1.82) is 0 Å². The van der Waals surface area contributed by atoms with E-state index >= 15 is 0 Å². The number of hydrogen-bond donors (Lipinski definition) is 2. The van der Waals surface area contributed by atoms with Crippen LogP contribution in [0.25, 0.3) is 0 Å². The van der Waals surface area contributed by atoms with Crippen molar-refractivity contribution < 1.29 is 4.39 Å². The van der Waals surface area contributed by atoms with Crippen LogP contribution in [0.15, 0.2) is 54.6 Å². The average molecular weight is 377 g/mol. The van der Waals surface area contributed by atoms with Crippen molar-refractivity contribution in [2.24, 2.45) is 0 Å². The zero-order chi connectivity index (χ0) is 19.3. The Labute approximate surface area is 164 Å². The molecule has 28 heavy (non-hydrogen) atoms. The van der Waals surface area contributed by atoms with Crippen LogP contribution in [-0.2, 0) is 0 Å². The second kappa shape index (κ2) is 8.25. The summed E-state index contributed by atoms with van der Waals surface area (Å²) in [5, 5.41) is 6.26. The molecule has 0 unspecified atom stereocenters. The van der Waals surface area contributed by atoms with Crippen LogP contribution in [0.5, 0.6) is 0 Å². The van der Waals surface area contributed by atoms with E-state index in [1.807, 2.05) is 13.0 Å². The summed E-state index contributed by atoms with van der Waals surface area (Å²) in [7, 11) is 0. The van der Waals surface area contributed by atoms with Gasteiger partial charge in [-0.2, -0.15) is 4.98 Å². The van der Waals surface area contributed by atoms with Gasteiger partial charge in [-0.15, -0.1) is 0 Å². The van der Waals surface area contributed by atoms with Gasteiger partial charge in [-0.05, 0) is 62.6 Å². The van der Waals surface area contributed by atoms with Crippen molar-refractivity contribution in [3.63, 3.8) is 0 Å². The molecule has 1 aromatic heterocycles. The Bertz CT molecular complexity index is 936. The maximum Gasteiger partial charge on any atom is 0.229 e. The lowest BCUT2D eigenvalue weighted by molar-refractivity contribution is 0.578. The molecule has 0 radical (unpaired) electrons. The molecule has 0 amide bonds. The maximum atomic E-state index is 13.9. The van der Waals surface area contributed by atoms with Gasteiger partial charge in [0.05, 0.1) is 5.69 Å². The van der Waals surface area contributed by atoms with E-state index in [0.717, 1.165) is 24.5 Å². The molecular formula is C22H24FN5. The van der Waals surface area contributed by atoms with E-state index in [1.165, 1.54) is 31.0 Å². The fourth-order valence-corrected chi connectivity index (χ4v) is 3.43. The molecule has 1 aliphatic heterocycles. The first-order chi connectivity index (χ1) is 13.7. The first-order valence-electron chi connectivity index (χ1n) is 9.67. The third-order valence-corrected chi connectivity index (χ3v) is 4.84. The third kappa shape index (κ3) is 4.39. The summed E-state index contributed by atoms with van der Waals surface area (Å²) in [4.78, 5) is 11.2. The first kappa shape index (κ1) is 18.2. The van der Waals surface area contributed by atoms with Crippen LogP contribution in [0.2, 0.25) is 0 Å². The minimum atomic E-state index is -0.338. The molecule has 6 heteroatoms. The minimum absolute atomic E-state index is 0.338. The Morgan fingerprint density at radius 1 is 0.893 bits per heavy atom. The Hall–Kier alpha value is -3.15. The highest BCUT2D eigenvalue weighted by Gasteiger charge is 2.11. The number of piperidine rings is 1. The Balaban J connectivity index is 1.48. The van der Waals surface area contributed by atoms with E-state index in [9.17, 15) is 4.39 Å². The largest absolute Gasteiger partial charge is 0.372 e. The molecule has 0 bridgehead atoms. The molecule has 0 spiro atoms. The van der Waals surface area contributed by atoms with Crippen LogP contribution < -0.4 is 15.5 Å². The van der Waals surface area contributed by atoms with Crippen LogP contribution >= 0.6 is 0 Å². The highest BCUT2D eigenvalue weighted by atomic mass is 19.1. The van der Waals surface area contributed by atoms with Crippen LogP contribution in [-0.4, -0.2) is 23.1 Å². The van der Waals surface area contributed by atoms with Gasteiger partial charge >= 0.3 is 0 Å². The Kier molecular flexibility index (Phi) is 5.37. The Morgan fingerprint density at radius 2 is 1.64 bits per heavy atom. The number of aryl methyl sites for hydroxylation is 1. The number of anilines is 5. The maximum absolute atomic E-state index is 13.9. The van der Waals surface area contributed by atoms with Gasteiger partial charge in [0, 0.05) is 36.2 Å². The van der Waals surface area contributed by atoms with Gasteiger partial charge in [0.15, 0.2) is 0 Å². The van der Waals surface area contributed by atoms with Gasteiger partial charge in [0.2, 0.25) is 5.95 Å². The summed E-state index contributed by atoms with van der Waals surface area (Å²) >= 11 is 0. The lowest BCUT2D eigenvalue weighted by Gasteiger charge is -2.28. The summed E-state index contributed by atoms with van der Waals surface area (Å²) in [6, 6.07) is 16.7. The number of hydrogen-bond acceptors (Lipinski definition) is 5. The van der Waals surface area contributed by atoms with Crippen LogP contribution in [0.4, 0.5) is 33.2 Å². The van der Waals surface area contributed by atoms with E-state index in [1.54, 1.807) is 18.2 Å². The van der Waals surface area contributed by atoms with Crippen molar-refractivity contribution >= 4 is 28.8 Å². The number of para-hydroxylation sites is 1. The van der Waals surface area contributed by atoms with Crippen molar-refractivity contribution in [3.05, 3.63) is 66.1 Å². The van der Waals surface area contributed by atoms with Crippen LogP contribution in [0.1, 0.15) is 25.0 Å². The van der Waals surface area contributed by atoms with E-state index in [2.05, 4.69) is 49.8 Å². The molecule has 1 aliphatic rings. The fourth-order valence-electron chi connectivity index (χ4n) is 3.43. The SMILES string of the molecule is Cc1cc(Nc2ccc(N3CCCCC3)cc2)nc(Nc2ccccc2F)n1. The molecule has 0 aliphatic carbocycles. The normalized spacial score (nSPS) is 14.0.